The predicted octanol–water partition coefficient (Wildman–Crippen LogP) is 2.69. The number of benzene rings is 1. The molecule has 0 fully saturated rings. The molecule has 0 aliphatic rings. The van der Waals surface area contributed by atoms with Crippen molar-refractivity contribution in [2.45, 2.75) is 13.5 Å². The average molecular weight is 208 g/mol. The summed E-state index contributed by atoms with van der Waals surface area (Å²) in [5, 5.41) is 10.8. The summed E-state index contributed by atoms with van der Waals surface area (Å²) in [6.07, 6.45) is 0. The van der Waals surface area contributed by atoms with E-state index in [9.17, 15) is 5.11 Å². The molecule has 1 N–H and O–H groups in total. The smallest absolute Gasteiger partial charge is 0.0709 e. The van der Waals surface area contributed by atoms with Crippen molar-refractivity contribution in [2.75, 3.05) is 0 Å². The second kappa shape index (κ2) is 3.56. The molecule has 0 radical (unpaired) electrons. The minimum absolute atomic E-state index is 0.0141. The molecule has 1 heterocycles. The van der Waals surface area contributed by atoms with Crippen molar-refractivity contribution in [3.05, 3.63) is 40.5 Å². The van der Waals surface area contributed by atoms with E-state index in [1.54, 1.807) is 6.07 Å². The van der Waals surface area contributed by atoms with Crippen LogP contribution in [-0.2, 0) is 6.61 Å². The van der Waals surface area contributed by atoms with Gasteiger partial charge in [0.05, 0.1) is 12.1 Å². The van der Waals surface area contributed by atoms with Crippen LogP contribution in [0.2, 0.25) is 5.02 Å². The van der Waals surface area contributed by atoms with E-state index in [1.807, 2.05) is 25.1 Å². The molecule has 0 bridgehead atoms. The lowest BCUT2D eigenvalue weighted by molar-refractivity contribution is 0.283. The van der Waals surface area contributed by atoms with Crippen molar-refractivity contribution in [3.63, 3.8) is 0 Å². The van der Waals surface area contributed by atoms with Gasteiger partial charge in [-0.25, -0.2) is 0 Å². The first-order valence-electron chi connectivity index (χ1n) is 4.37. The number of hydrogen-bond acceptors (Lipinski definition) is 2. The Morgan fingerprint density at radius 3 is 2.86 bits per heavy atom. The maximum Gasteiger partial charge on any atom is 0.0709 e. The Balaban J connectivity index is 2.81. The van der Waals surface area contributed by atoms with Gasteiger partial charge in [-0.15, -0.1) is 0 Å². The minimum Gasteiger partial charge on any atom is -0.392 e. The van der Waals surface area contributed by atoms with Crippen LogP contribution in [0.1, 0.15) is 11.3 Å². The van der Waals surface area contributed by atoms with Crippen LogP contribution < -0.4 is 0 Å². The van der Waals surface area contributed by atoms with Crippen molar-refractivity contribution in [1.29, 1.82) is 0 Å². The molecule has 2 nitrogen and oxygen atoms in total. The van der Waals surface area contributed by atoms with Crippen molar-refractivity contribution in [1.82, 2.24) is 4.98 Å². The van der Waals surface area contributed by atoms with Gasteiger partial charge >= 0.3 is 0 Å². The Kier molecular flexibility index (Phi) is 2.40. The molecule has 1 aromatic heterocycles. The third kappa shape index (κ3) is 1.59. The van der Waals surface area contributed by atoms with Crippen LogP contribution in [-0.4, -0.2) is 10.1 Å². The summed E-state index contributed by atoms with van der Waals surface area (Å²) in [7, 11) is 0. The van der Waals surface area contributed by atoms with Crippen LogP contribution in [0, 0.1) is 6.92 Å². The number of fused-ring (bicyclic) bond motifs is 1. The van der Waals surface area contributed by atoms with E-state index in [2.05, 4.69) is 4.98 Å². The highest BCUT2D eigenvalue weighted by Crippen LogP contribution is 2.22. The molecule has 0 saturated carbocycles. The zero-order valence-corrected chi connectivity index (χ0v) is 8.54. The molecule has 2 rings (SSSR count). The molecule has 0 aliphatic carbocycles. The fourth-order valence-corrected chi connectivity index (χ4v) is 1.72. The maximum absolute atomic E-state index is 9.18. The monoisotopic (exact) mass is 207 g/mol. The maximum atomic E-state index is 9.18. The summed E-state index contributed by atoms with van der Waals surface area (Å²) in [6, 6.07) is 7.37. The number of nitrogens with zero attached hydrogens (tertiary/aromatic N) is 1. The Bertz CT molecular complexity index is 482. The Morgan fingerprint density at radius 2 is 2.14 bits per heavy atom. The van der Waals surface area contributed by atoms with Crippen molar-refractivity contribution < 1.29 is 5.11 Å². The molecule has 1 aromatic carbocycles. The zero-order chi connectivity index (χ0) is 10.1. The van der Waals surface area contributed by atoms with Crippen LogP contribution >= 0.6 is 11.6 Å². The zero-order valence-electron chi connectivity index (χ0n) is 7.79. The average Bonchev–Trinajstić information content (AvgIpc) is 2.17. The van der Waals surface area contributed by atoms with E-state index in [4.69, 9.17) is 11.6 Å². The van der Waals surface area contributed by atoms with Gasteiger partial charge in [0, 0.05) is 16.1 Å². The summed E-state index contributed by atoms with van der Waals surface area (Å²) in [5.74, 6) is 0. The fourth-order valence-electron chi connectivity index (χ4n) is 1.55. The van der Waals surface area contributed by atoms with E-state index in [-0.39, 0.29) is 6.61 Å². The molecule has 2 aromatic rings. The van der Waals surface area contributed by atoms with Gasteiger partial charge in [-0.2, -0.15) is 0 Å². The summed E-state index contributed by atoms with van der Waals surface area (Å²) < 4.78 is 0. The number of aliphatic hydroxyl groups is 1. The van der Waals surface area contributed by atoms with Gasteiger partial charge in [-0.1, -0.05) is 11.6 Å². The fraction of sp³-hybridized carbons (Fsp3) is 0.182. The molecular weight excluding hydrogens is 198 g/mol. The van der Waals surface area contributed by atoms with Gasteiger partial charge in [-0.05, 0) is 36.8 Å². The van der Waals surface area contributed by atoms with Crippen LogP contribution in [0.3, 0.4) is 0 Å². The Morgan fingerprint density at radius 1 is 1.36 bits per heavy atom. The van der Waals surface area contributed by atoms with Crippen LogP contribution in [0.15, 0.2) is 24.3 Å². The van der Waals surface area contributed by atoms with E-state index >= 15 is 0 Å². The molecule has 3 heteroatoms. The number of halogens is 1. The van der Waals surface area contributed by atoms with Gasteiger partial charge in [0.25, 0.3) is 0 Å². The first kappa shape index (κ1) is 9.44. The first-order valence-corrected chi connectivity index (χ1v) is 4.75. The van der Waals surface area contributed by atoms with E-state index < -0.39 is 0 Å². The van der Waals surface area contributed by atoms with Gasteiger partial charge < -0.3 is 5.11 Å². The molecule has 72 valence electrons. The lowest BCUT2D eigenvalue weighted by Gasteiger charge is -2.05. The van der Waals surface area contributed by atoms with Crippen molar-refractivity contribution in [2.24, 2.45) is 0 Å². The van der Waals surface area contributed by atoms with Gasteiger partial charge in [-0.3, -0.25) is 4.98 Å². The van der Waals surface area contributed by atoms with Crippen LogP contribution in [0.4, 0.5) is 0 Å². The molecule has 0 amide bonds. The summed E-state index contributed by atoms with van der Waals surface area (Å²) in [5.41, 5.74) is 2.65. The quantitative estimate of drug-likeness (QED) is 0.780. The highest BCUT2D eigenvalue weighted by molar-refractivity contribution is 6.31. The SMILES string of the molecule is Cc1cc(CO)c2cc(Cl)ccc2n1. The van der Waals surface area contributed by atoms with Crippen molar-refractivity contribution in [3.8, 4) is 0 Å². The van der Waals surface area contributed by atoms with Gasteiger partial charge in [0.15, 0.2) is 0 Å². The van der Waals surface area contributed by atoms with Crippen LogP contribution in [0.5, 0.6) is 0 Å². The Hall–Kier alpha value is -1.12. The minimum atomic E-state index is 0.0141. The molecular formula is C11H10ClNO. The molecule has 0 unspecified atom stereocenters. The number of rotatable bonds is 1. The third-order valence-corrected chi connectivity index (χ3v) is 2.39. The second-order valence-electron chi connectivity index (χ2n) is 3.24. The topological polar surface area (TPSA) is 33.1 Å². The molecule has 0 saturated heterocycles. The molecule has 14 heavy (non-hydrogen) atoms. The highest BCUT2D eigenvalue weighted by atomic mass is 35.5. The van der Waals surface area contributed by atoms with E-state index in [0.29, 0.717) is 5.02 Å². The molecule has 0 aliphatic heterocycles. The number of aliphatic hydroxyl groups excluding tert-OH is 1. The lowest BCUT2D eigenvalue weighted by atomic mass is 10.1. The normalized spacial score (nSPS) is 10.8. The highest BCUT2D eigenvalue weighted by Gasteiger charge is 2.03. The van der Waals surface area contributed by atoms with Crippen molar-refractivity contribution >= 4 is 22.5 Å². The number of hydrogen-bond donors (Lipinski definition) is 1. The standard InChI is InChI=1S/C11H10ClNO/c1-7-4-8(6-14)10-5-9(12)2-3-11(10)13-7/h2-5,14H,6H2,1H3. The third-order valence-electron chi connectivity index (χ3n) is 2.15. The summed E-state index contributed by atoms with van der Waals surface area (Å²) in [6.45, 7) is 1.92. The molecule has 0 atom stereocenters. The second-order valence-corrected chi connectivity index (χ2v) is 3.68. The Labute approximate surface area is 87.2 Å². The lowest BCUT2D eigenvalue weighted by Crippen LogP contribution is -1.91. The van der Waals surface area contributed by atoms with Crippen LogP contribution in [0.25, 0.3) is 10.9 Å². The predicted molar refractivity (Wildman–Crippen MR) is 57.4 cm³/mol. The summed E-state index contributed by atoms with van der Waals surface area (Å²) >= 11 is 5.88. The van der Waals surface area contributed by atoms with Gasteiger partial charge in [0.2, 0.25) is 0 Å². The van der Waals surface area contributed by atoms with Gasteiger partial charge in [0.1, 0.15) is 0 Å². The number of aromatic nitrogens is 1. The largest absolute Gasteiger partial charge is 0.392 e. The van der Waals surface area contributed by atoms with E-state index in [1.165, 1.54) is 0 Å². The molecule has 0 spiro atoms. The number of pyridine rings is 1. The number of aryl methyl sites for hydroxylation is 1. The summed E-state index contributed by atoms with van der Waals surface area (Å²) in [4.78, 5) is 4.36. The first-order chi connectivity index (χ1) is 6.70. The van der Waals surface area contributed by atoms with E-state index in [0.717, 1.165) is 22.2 Å².